The molecule has 28 heavy (non-hydrogen) atoms. The summed E-state index contributed by atoms with van der Waals surface area (Å²) in [6.45, 7) is 11.2. The second-order valence-corrected chi connectivity index (χ2v) is 7.64. The molecule has 1 aliphatic heterocycles. The van der Waals surface area contributed by atoms with Crippen LogP contribution in [0.5, 0.6) is 0 Å². The molecule has 0 spiro atoms. The lowest BCUT2D eigenvalue weighted by molar-refractivity contribution is -0.123. The molecule has 1 aliphatic rings. The van der Waals surface area contributed by atoms with Crippen molar-refractivity contribution in [3.8, 4) is 0 Å². The summed E-state index contributed by atoms with van der Waals surface area (Å²) in [4.78, 5) is 28.7. The highest BCUT2D eigenvalue weighted by atomic mass is 16.5. The average molecular weight is 391 g/mol. The number of hydrogen-bond donors (Lipinski definition) is 2. The van der Waals surface area contributed by atoms with E-state index in [9.17, 15) is 9.59 Å². The summed E-state index contributed by atoms with van der Waals surface area (Å²) in [5.74, 6) is 0.389. The zero-order valence-corrected chi connectivity index (χ0v) is 17.6. The molecule has 0 bridgehead atoms. The number of aryl methyl sites for hydroxylation is 1. The highest BCUT2D eigenvalue weighted by molar-refractivity contribution is 5.94. The van der Waals surface area contributed by atoms with Crippen LogP contribution in [-0.2, 0) is 14.3 Å². The Balaban J connectivity index is 1.77. The number of ether oxygens (including phenoxy) is 1. The lowest BCUT2D eigenvalue weighted by Crippen LogP contribution is -2.51. The first-order chi connectivity index (χ1) is 13.4. The summed E-state index contributed by atoms with van der Waals surface area (Å²) in [6, 6.07) is 6.13. The molecule has 1 aromatic rings. The van der Waals surface area contributed by atoms with Crippen molar-refractivity contribution < 1.29 is 14.3 Å². The number of rotatable bonds is 9. The molecule has 1 heterocycles. The Morgan fingerprint density at radius 2 is 1.68 bits per heavy atom. The van der Waals surface area contributed by atoms with Crippen LogP contribution in [-0.4, -0.2) is 81.1 Å². The number of hydrogen-bond acceptors (Lipinski definition) is 5. The third kappa shape index (κ3) is 6.89. The van der Waals surface area contributed by atoms with Crippen LogP contribution in [0.2, 0.25) is 0 Å². The van der Waals surface area contributed by atoms with Gasteiger partial charge in [0.2, 0.25) is 11.8 Å². The molecule has 1 fully saturated rings. The fourth-order valence-electron chi connectivity index (χ4n) is 3.38. The molecule has 0 aromatic heterocycles. The third-order valence-electron chi connectivity index (χ3n) is 5.02. The molecule has 1 saturated heterocycles. The lowest BCUT2D eigenvalue weighted by Gasteiger charge is -2.33. The summed E-state index contributed by atoms with van der Waals surface area (Å²) in [5.41, 5.74) is 3.19. The van der Waals surface area contributed by atoms with E-state index in [1.54, 1.807) is 7.11 Å². The van der Waals surface area contributed by atoms with Gasteiger partial charge in [0.05, 0.1) is 19.7 Å². The van der Waals surface area contributed by atoms with E-state index in [2.05, 4.69) is 40.3 Å². The van der Waals surface area contributed by atoms with Crippen molar-refractivity contribution in [2.75, 3.05) is 64.8 Å². The van der Waals surface area contributed by atoms with Crippen LogP contribution in [0.4, 0.5) is 5.69 Å². The maximum Gasteiger partial charge on any atom is 0.238 e. The van der Waals surface area contributed by atoms with Crippen molar-refractivity contribution in [2.45, 2.75) is 26.7 Å². The van der Waals surface area contributed by atoms with Gasteiger partial charge < -0.3 is 15.4 Å². The van der Waals surface area contributed by atoms with Gasteiger partial charge in [0, 0.05) is 45.5 Å². The van der Waals surface area contributed by atoms with Crippen molar-refractivity contribution >= 4 is 17.5 Å². The van der Waals surface area contributed by atoms with E-state index in [0.717, 1.165) is 43.0 Å². The van der Waals surface area contributed by atoms with Crippen LogP contribution in [0.3, 0.4) is 0 Å². The molecule has 2 N–H and O–H groups in total. The number of amides is 2. The molecule has 0 aliphatic carbocycles. The van der Waals surface area contributed by atoms with Crippen LogP contribution in [0.25, 0.3) is 0 Å². The number of nitrogens with one attached hydrogen (secondary N) is 2. The van der Waals surface area contributed by atoms with E-state index < -0.39 is 0 Å². The molecular formula is C21H34N4O3. The molecule has 2 rings (SSSR count). The minimum absolute atomic E-state index is 0.0157. The van der Waals surface area contributed by atoms with Gasteiger partial charge in [-0.25, -0.2) is 0 Å². The molecule has 0 unspecified atom stereocenters. The highest BCUT2D eigenvalue weighted by Crippen LogP contribution is 2.27. The Morgan fingerprint density at radius 3 is 2.25 bits per heavy atom. The topological polar surface area (TPSA) is 73.9 Å². The van der Waals surface area contributed by atoms with Crippen LogP contribution < -0.4 is 10.6 Å². The van der Waals surface area contributed by atoms with Crippen LogP contribution in [0, 0.1) is 6.92 Å². The molecule has 156 valence electrons. The summed E-state index contributed by atoms with van der Waals surface area (Å²) in [5, 5.41) is 5.95. The third-order valence-corrected chi connectivity index (χ3v) is 5.02. The smallest absolute Gasteiger partial charge is 0.238 e. The second-order valence-electron chi connectivity index (χ2n) is 7.64. The summed E-state index contributed by atoms with van der Waals surface area (Å²) in [6.07, 6.45) is 0. The zero-order valence-electron chi connectivity index (χ0n) is 17.6. The summed E-state index contributed by atoms with van der Waals surface area (Å²) in [7, 11) is 1.62. The van der Waals surface area contributed by atoms with Crippen molar-refractivity contribution in [2.24, 2.45) is 0 Å². The van der Waals surface area contributed by atoms with Gasteiger partial charge in [0.15, 0.2) is 0 Å². The Morgan fingerprint density at radius 1 is 1.07 bits per heavy atom. The summed E-state index contributed by atoms with van der Waals surface area (Å²) < 4.78 is 4.93. The molecule has 0 radical (unpaired) electrons. The number of para-hydroxylation sites is 1. The normalized spacial score (nSPS) is 15.6. The maximum absolute atomic E-state index is 12.6. The van der Waals surface area contributed by atoms with E-state index in [0.29, 0.717) is 32.2 Å². The highest BCUT2D eigenvalue weighted by Gasteiger charge is 2.21. The monoisotopic (exact) mass is 390 g/mol. The van der Waals surface area contributed by atoms with Gasteiger partial charge in [-0.1, -0.05) is 32.0 Å². The van der Waals surface area contributed by atoms with Gasteiger partial charge in [0.25, 0.3) is 0 Å². The van der Waals surface area contributed by atoms with Crippen LogP contribution in [0.15, 0.2) is 18.2 Å². The SMILES string of the molecule is COCCNC(=O)CN1CCN(CC(=O)Nc2c(C)cccc2C(C)C)CC1. The van der Waals surface area contributed by atoms with E-state index >= 15 is 0 Å². The quantitative estimate of drug-likeness (QED) is 0.624. The van der Waals surface area contributed by atoms with Crippen molar-refractivity contribution in [1.82, 2.24) is 15.1 Å². The van der Waals surface area contributed by atoms with Crippen LogP contribution >= 0.6 is 0 Å². The van der Waals surface area contributed by atoms with E-state index in [1.165, 1.54) is 0 Å². The van der Waals surface area contributed by atoms with Gasteiger partial charge in [-0.15, -0.1) is 0 Å². The maximum atomic E-state index is 12.6. The number of piperazine rings is 1. The molecular weight excluding hydrogens is 356 g/mol. The van der Waals surface area contributed by atoms with Gasteiger partial charge >= 0.3 is 0 Å². The first-order valence-corrected chi connectivity index (χ1v) is 10.0. The Hall–Kier alpha value is -1.96. The Kier molecular flexibility index (Phi) is 8.89. The molecule has 7 nitrogen and oxygen atoms in total. The number of benzene rings is 1. The number of anilines is 1. The van der Waals surface area contributed by atoms with Gasteiger partial charge in [-0.2, -0.15) is 0 Å². The molecule has 2 amide bonds. The number of carbonyl (C=O) groups excluding carboxylic acids is 2. The van der Waals surface area contributed by atoms with Gasteiger partial charge in [0.1, 0.15) is 0 Å². The Bertz CT molecular complexity index is 655. The number of carbonyl (C=O) groups is 2. The standard InChI is InChI=1S/C21H34N4O3/c1-16(2)18-7-5-6-17(3)21(18)23-20(27)15-25-11-9-24(10-12-25)14-19(26)22-8-13-28-4/h5-7,16H,8-15H2,1-4H3,(H,22,26)(H,23,27). The predicted octanol–water partition coefficient (Wildman–Crippen LogP) is 1.44. The van der Waals surface area contributed by atoms with Crippen molar-refractivity contribution in [3.63, 3.8) is 0 Å². The fourth-order valence-corrected chi connectivity index (χ4v) is 3.38. The van der Waals surface area contributed by atoms with Crippen LogP contribution in [0.1, 0.15) is 30.9 Å². The largest absolute Gasteiger partial charge is 0.383 e. The molecule has 0 atom stereocenters. The van der Waals surface area contributed by atoms with E-state index in [4.69, 9.17) is 4.74 Å². The molecule has 7 heteroatoms. The summed E-state index contributed by atoms with van der Waals surface area (Å²) >= 11 is 0. The number of methoxy groups -OCH3 is 1. The zero-order chi connectivity index (χ0) is 20.5. The molecule has 1 aromatic carbocycles. The Labute approximate surface area is 168 Å². The van der Waals surface area contributed by atoms with Gasteiger partial charge in [-0.05, 0) is 24.0 Å². The second kappa shape index (κ2) is 11.1. The first-order valence-electron chi connectivity index (χ1n) is 10.0. The number of nitrogens with zero attached hydrogens (tertiary/aromatic N) is 2. The fraction of sp³-hybridized carbons (Fsp3) is 0.619. The van der Waals surface area contributed by atoms with Gasteiger partial charge in [-0.3, -0.25) is 19.4 Å². The average Bonchev–Trinajstić information content (AvgIpc) is 2.65. The van der Waals surface area contributed by atoms with E-state index in [-0.39, 0.29) is 11.8 Å². The minimum atomic E-state index is 0.0157. The van der Waals surface area contributed by atoms with Crippen molar-refractivity contribution in [1.29, 1.82) is 0 Å². The first kappa shape index (κ1) is 22.3. The van der Waals surface area contributed by atoms with E-state index in [1.807, 2.05) is 19.1 Å². The minimum Gasteiger partial charge on any atom is -0.383 e. The predicted molar refractivity (Wildman–Crippen MR) is 112 cm³/mol. The molecule has 0 saturated carbocycles. The van der Waals surface area contributed by atoms with Crippen molar-refractivity contribution in [3.05, 3.63) is 29.3 Å². The lowest BCUT2D eigenvalue weighted by atomic mass is 9.98.